The number of benzene rings is 2. The fourth-order valence-electron chi connectivity index (χ4n) is 2.51. The molecule has 0 bridgehead atoms. The molecule has 0 saturated heterocycles. The van der Waals surface area contributed by atoms with Crippen molar-refractivity contribution in [2.45, 2.75) is 13.1 Å². The van der Waals surface area contributed by atoms with Crippen molar-refractivity contribution in [1.29, 1.82) is 0 Å². The molecule has 2 nitrogen and oxygen atoms in total. The zero-order chi connectivity index (χ0) is 20.0. The molecule has 0 atom stereocenters. The van der Waals surface area contributed by atoms with E-state index in [0.29, 0.717) is 17.1 Å². The van der Waals surface area contributed by atoms with Crippen molar-refractivity contribution in [2.24, 2.45) is 4.99 Å². The summed E-state index contributed by atoms with van der Waals surface area (Å²) in [4.78, 5) is 4.29. The van der Waals surface area contributed by atoms with Gasteiger partial charge in [0, 0.05) is 18.3 Å². The summed E-state index contributed by atoms with van der Waals surface area (Å²) in [6.07, 6.45) is -1.31. The Morgan fingerprint density at radius 3 is 2.37 bits per heavy atom. The van der Waals surface area contributed by atoms with Crippen molar-refractivity contribution in [2.75, 3.05) is 7.05 Å². The zero-order valence-electron chi connectivity index (χ0n) is 15.3. The molecule has 0 aliphatic rings. The molecule has 0 aromatic heterocycles. The average molecular weight is 370 g/mol. The van der Waals surface area contributed by atoms with Crippen LogP contribution in [0.15, 0.2) is 95.7 Å². The monoisotopic (exact) mass is 370 g/mol. The first-order chi connectivity index (χ1) is 12.8. The highest BCUT2D eigenvalue weighted by Crippen LogP contribution is 2.26. The van der Waals surface area contributed by atoms with E-state index in [1.807, 2.05) is 42.5 Å². The number of nitrogens with zero attached hydrogens (tertiary/aromatic N) is 1. The molecule has 2 rings (SSSR count). The van der Waals surface area contributed by atoms with Crippen LogP contribution in [0, 0.1) is 0 Å². The van der Waals surface area contributed by atoms with Crippen LogP contribution in [0.5, 0.6) is 0 Å². The highest BCUT2D eigenvalue weighted by atomic mass is 19.4. The highest BCUT2D eigenvalue weighted by Gasteiger charge is 2.30. The maximum atomic E-state index is 12.8. The first kappa shape index (κ1) is 20.2. The standard InChI is InChI=1S/C22H21F3N2/c1-5-18(22(23,24)25)14-13-15(2)16(3)27-21(26-4)20-12-8-10-17-9-6-7-11-19(17)20/h5-14H,1,3H2,2,4H3,(H,26,27)/b15-13+,18-14+. The number of nitrogens with one attached hydrogen (secondary N) is 1. The predicted molar refractivity (Wildman–Crippen MR) is 107 cm³/mol. The SMILES string of the molecule is C=C/C(=C\C=C(/C)C(=C)NC(=NC)c1cccc2ccccc12)C(F)(F)F. The molecule has 0 saturated carbocycles. The van der Waals surface area contributed by atoms with E-state index in [1.54, 1.807) is 14.0 Å². The summed E-state index contributed by atoms with van der Waals surface area (Å²) in [5, 5.41) is 5.20. The van der Waals surface area contributed by atoms with Gasteiger partial charge in [-0.15, -0.1) is 0 Å². The van der Waals surface area contributed by atoms with E-state index < -0.39 is 11.7 Å². The van der Waals surface area contributed by atoms with Crippen molar-refractivity contribution >= 4 is 16.6 Å². The number of halogens is 3. The minimum absolute atomic E-state index is 0.463. The molecule has 0 aliphatic heterocycles. The summed E-state index contributed by atoms with van der Waals surface area (Å²) < 4.78 is 38.3. The summed E-state index contributed by atoms with van der Waals surface area (Å²) >= 11 is 0. The van der Waals surface area contributed by atoms with Crippen LogP contribution >= 0.6 is 0 Å². The van der Waals surface area contributed by atoms with Gasteiger partial charge in [-0.2, -0.15) is 13.2 Å². The summed E-state index contributed by atoms with van der Waals surface area (Å²) in [5.41, 5.74) is 1.10. The number of rotatable bonds is 5. The third kappa shape index (κ3) is 4.97. The van der Waals surface area contributed by atoms with Crippen LogP contribution in [0.1, 0.15) is 12.5 Å². The van der Waals surface area contributed by atoms with Gasteiger partial charge in [-0.3, -0.25) is 4.99 Å². The van der Waals surface area contributed by atoms with Crippen LogP contribution in [0.25, 0.3) is 10.8 Å². The molecule has 0 fully saturated rings. The first-order valence-corrected chi connectivity index (χ1v) is 8.27. The predicted octanol–water partition coefficient (Wildman–Crippen LogP) is 5.94. The Labute approximate surface area is 157 Å². The Morgan fingerprint density at radius 2 is 1.74 bits per heavy atom. The van der Waals surface area contributed by atoms with Crippen LogP contribution in [0.4, 0.5) is 13.2 Å². The molecule has 27 heavy (non-hydrogen) atoms. The lowest BCUT2D eigenvalue weighted by Crippen LogP contribution is -2.24. The fraction of sp³-hybridized carbons (Fsp3) is 0.136. The Kier molecular flexibility index (Phi) is 6.40. The number of amidine groups is 1. The maximum absolute atomic E-state index is 12.8. The van der Waals surface area contributed by atoms with Crippen LogP contribution < -0.4 is 5.32 Å². The van der Waals surface area contributed by atoms with E-state index in [1.165, 1.54) is 6.08 Å². The smallest absolute Gasteiger partial charge is 0.340 e. The van der Waals surface area contributed by atoms with Gasteiger partial charge in [-0.25, -0.2) is 0 Å². The van der Waals surface area contributed by atoms with Crippen molar-refractivity contribution < 1.29 is 13.2 Å². The van der Waals surface area contributed by atoms with Gasteiger partial charge in [-0.05, 0) is 29.3 Å². The zero-order valence-corrected chi connectivity index (χ0v) is 15.3. The van der Waals surface area contributed by atoms with Crippen molar-refractivity contribution in [3.63, 3.8) is 0 Å². The number of alkyl halides is 3. The second-order valence-corrected chi connectivity index (χ2v) is 5.88. The van der Waals surface area contributed by atoms with Crippen LogP contribution in [0.3, 0.4) is 0 Å². The molecule has 2 aromatic rings. The second kappa shape index (κ2) is 8.54. The van der Waals surface area contributed by atoms with Gasteiger partial charge >= 0.3 is 6.18 Å². The number of hydrogen-bond donors (Lipinski definition) is 1. The highest BCUT2D eigenvalue weighted by molar-refractivity contribution is 6.10. The van der Waals surface area contributed by atoms with Crippen molar-refractivity contribution in [3.05, 3.63) is 96.3 Å². The molecule has 0 unspecified atom stereocenters. The Balaban J connectivity index is 2.28. The molecule has 1 N–H and O–H groups in total. The molecular weight excluding hydrogens is 349 g/mol. The van der Waals surface area contributed by atoms with Crippen molar-refractivity contribution in [3.8, 4) is 0 Å². The Bertz CT molecular complexity index is 942. The average Bonchev–Trinajstić information content (AvgIpc) is 2.64. The Morgan fingerprint density at radius 1 is 1.07 bits per heavy atom. The number of aliphatic imine (C=N–C) groups is 1. The van der Waals surface area contributed by atoms with Gasteiger partial charge in [0.05, 0.1) is 5.57 Å². The van der Waals surface area contributed by atoms with E-state index in [9.17, 15) is 13.2 Å². The molecule has 2 aromatic carbocycles. The molecule has 0 amide bonds. The maximum Gasteiger partial charge on any atom is 0.416 e. The van der Waals surface area contributed by atoms with E-state index in [4.69, 9.17) is 0 Å². The van der Waals surface area contributed by atoms with Crippen molar-refractivity contribution in [1.82, 2.24) is 5.32 Å². The largest absolute Gasteiger partial charge is 0.416 e. The lowest BCUT2D eigenvalue weighted by atomic mass is 10.0. The number of fused-ring (bicyclic) bond motifs is 1. The summed E-state index contributed by atoms with van der Waals surface area (Å²) in [6.45, 7) is 8.80. The fourth-order valence-corrected chi connectivity index (χ4v) is 2.51. The molecule has 0 aliphatic carbocycles. The number of hydrogen-bond acceptors (Lipinski definition) is 1. The van der Waals surface area contributed by atoms with E-state index in [-0.39, 0.29) is 0 Å². The number of allylic oxidation sites excluding steroid dienone is 5. The molecule has 0 heterocycles. The Hall–Kier alpha value is -3.08. The molecule has 140 valence electrons. The van der Waals surface area contributed by atoms with Gasteiger partial charge in [0.2, 0.25) is 0 Å². The quantitative estimate of drug-likeness (QED) is 0.393. The lowest BCUT2D eigenvalue weighted by Gasteiger charge is -2.14. The summed E-state index contributed by atoms with van der Waals surface area (Å²) in [5.74, 6) is 0.591. The van der Waals surface area contributed by atoms with Gasteiger partial charge in [0.15, 0.2) is 0 Å². The van der Waals surface area contributed by atoms with Gasteiger partial charge < -0.3 is 5.32 Å². The minimum atomic E-state index is -4.44. The molecule has 5 heteroatoms. The normalized spacial score (nSPS) is 13.6. The minimum Gasteiger partial charge on any atom is -0.340 e. The van der Waals surface area contributed by atoms with Gasteiger partial charge in [0.1, 0.15) is 5.84 Å². The molecular formula is C22H21F3N2. The topological polar surface area (TPSA) is 24.4 Å². The van der Waals surface area contributed by atoms with E-state index in [2.05, 4.69) is 23.5 Å². The lowest BCUT2D eigenvalue weighted by molar-refractivity contribution is -0.0881. The third-order valence-electron chi connectivity index (χ3n) is 4.07. The molecule has 0 spiro atoms. The van der Waals surface area contributed by atoms with E-state index in [0.717, 1.165) is 28.5 Å². The van der Waals surface area contributed by atoms with E-state index >= 15 is 0 Å². The van der Waals surface area contributed by atoms with Gasteiger partial charge in [0.25, 0.3) is 0 Å². The second-order valence-electron chi connectivity index (χ2n) is 5.88. The first-order valence-electron chi connectivity index (χ1n) is 8.27. The van der Waals surface area contributed by atoms with Crippen LogP contribution in [0.2, 0.25) is 0 Å². The molecule has 0 radical (unpaired) electrons. The van der Waals surface area contributed by atoms with Crippen LogP contribution in [-0.4, -0.2) is 19.1 Å². The summed E-state index contributed by atoms with van der Waals surface area (Å²) in [6, 6.07) is 13.8. The van der Waals surface area contributed by atoms with Crippen LogP contribution in [-0.2, 0) is 0 Å². The van der Waals surface area contributed by atoms with Gasteiger partial charge in [-0.1, -0.05) is 67.8 Å². The third-order valence-corrected chi connectivity index (χ3v) is 4.07. The summed E-state index contributed by atoms with van der Waals surface area (Å²) in [7, 11) is 1.65.